The van der Waals surface area contributed by atoms with Crippen LogP contribution in [0.3, 0.4) is 0 Å². The summed E-state index contributed by atoms with van der Waals surface area (Å²) in [4.78, 5) is 26.0. The Hall–Kier alpha value is -1.95. The number of carboxylic acid groups (broad SMARTS) is 1. The summed E-state index contributed by atoms with van der Waals surface area (Å²) < 4.78 is 0. The molecular weight excluding hydrogens is 222 g/mol. The quantitative estimate of drug-likeness (QED) is 0.648. The van der Waals surface area contributed by atoms with Crippen molar-refractivity contribution in [1.82, 2.24) is 15.6 Å². The zero-order chi connectivity index (χ0) is 12.7. The predicted octanol–water partition coefficient (Wildman–Crippen LogP) is 0.00550. The maximum absolute atomic E-state index is 11.3. The SMILES string of the molecule is CNCCC(=O)NCc1cc(C(=O)O)ccn1. The fourth-order valence-electron chi connectivity index (χ4n) is 1.22. The highest BCUT2D eigenvalue weighted by atomic mass is 16.4. The van der Waals surface area contributed by atoms with Crippen LogP contribution in [0.4, 0.5) is 0 Å². The molecule has 0 unspecified atom stereocenters. The Kier molecular flexibility index (Phi) is 5.09. The molecule has 1 rings (SSSR count). The molecule has 0 bridgehead atoms. The number of pyridine rings is 1. The van der Waals surface area contributed by atoms with Crippen LogP contribution in [0.1, 0.15) is 22.5 Å². The Morgan fingerprint density at radius 3 is 2.88 bits per heavy atom. The molecule has 1 aromatic heterocycles. The highest BCUT2D eigenvalue weighted by Gasteiger charge is 2.05. The minimum absolute atomic E-state index is 0.0955. The van der Waals surface area contributed by atoms with Crippen LogP contribution in [0.5, 0.6) is 0 Å². The van der Waals surface area contributed by atoms with Crippen LogP contribution in [0.2, 0.25) is 0 Å². The molecule has 0 aliphatic rings. The number of nitrogens with zero attached hydrogens (tertiary/aromatic N) is 1. The van der Waals surface area contributed by atoms with Gasteiger partial charge >= 0.3 is 5.97 Å². The second-order valence-electron chi connectivity index (χ2n) is 3.47. The van der Waals surface area contributed by atoms with E-state index in [9.17, 15) is 9.59 Å². The third-order valence-corrected chi connectivity index (χ3v) is 2.13. The van der Waals surface area contributed by atoms with Crippen LogP contribution >= 0.6 is 0 Å². The summed E-state index contributed by atoms with van der Waals surface area (Å²) in [5.41, 5.74) is 0.696. The standard InChI is InChI=1S/C11H15N3O3/c1-12-4-3-10(15)14-7-9-6-8(11(16)17)2-5-13-9/h2,5-6,12H,3-4,7H2,1H3,(H,14,15)(H,16,17). The van der Waals surface area contributed by atoms with Crippen molar-refractivity contribution in [3.63, 3.8) is 0 Å². The molecule has 0 atom stereocenters. The molecule has 0 radical (unpaired) electrons. The van der Waals surface area contributed by atoms with E-state index in [1.807, 2.05) is 0 Å². The summed E-state index contributed by atoms with van der Waals surface area (Å²) in [7, 11) is 1.77. The smallest absolute Gasteiger partial charge is 0.335 e. The first-order valence-electron chi connectivity index (χ1n) is 5.23. The molecule has 1 aromatic rings. The van der Waals surface area contributed by atoms with Gasteiger partial charge in [-0.05, 0) is 19.2 Å². The van der Waals surface area contributed by atoms with E-state index >= 15 is 0 Å². The lowest BCUT2D eigenvalue weighted by Gasteiger charge is -2.05. The maximum Gasteiger partial charge on any atom is 0.335 e. The summed E-state index contributed by atoms with van der Waals surface area (Å²) in [6.07, 6.45) is 1.80. The van der Waals surface area contributed by atoms with Crippen molar-refractivity contribution < 1.29 is 14.7 Å². The summed E-state index contributed by atoms with van der Waals surface area (Å²) in [5, 5.41) is 14.3. The average molecular weight is 237 g/mol. The van der Waals surface area contributed by atoms with E-state index in [2.05, 4.69) is 15.6 Å². The highest BCUT2D eigenvalue weighted by molar-refractivity contribution is 5.87. The van der Waals surface area contributed by atoms with Crippen LogP contribution in [0, 0.1) is 0 Å². The average Bonchev–Trinajstić information content (AvgIpc) is 2.34. The van der Waals surface area contributed by atoms with Gasteiger partial charge in [-0.3, -0.25) is 9.78 Å². The van der Waals surface area contributed by atoms with Crippen molar-refractivity contribution in [3.05, 3.63) is 29.6 Å². The normalized spacial score (nSPS) is 9.94. The number of nitrogens with one attached hydrogen (secondary N) is 2. The fourth-order valence-corrected chi connectivity index (χ4v) is 1.22. The highest BCUT2D eigenvalue weighted by Crippen LogP contribution is 2.01. The van der Waals surface area contributed by atoms with Gasteiger partial charge in [0.25, 0.3) is 0 Å². The van der Waals surface area contributed by atoms with E-state index in [-0.39, 0.29) is 18.0 Å². The lowest BCUT2D eigenvalue weighted by molar-refractivity contribution is -0.121. The molecule has 6 nitrogen and oxygen atoms in total. The van der Waals surface area contributed by atoms with Gasteiger partial charge in [-0.15, -0.1) is 0 Å². The largest absolute Gasteiger partial charge is 0.478 e. The topological polar surface area (TPSA) is 91.3 Å². The van der Waals surface area contributed by atoms with E-state index in [1.54, 1.807) is 7.05 Å². The van der Waals surface area contributed by atoms with Gasteiger partial charge < -0.3 is 15.7 Å². The Balaban J connectivity index is 2.49. The van der Waals surface area contributed by atoms with Crippen LogP contribution in [-0.4, -0.2) is 35.6 Å². The van der Waals surface area contributed by atoms with E-state index in [4.69, 9.17) is 5.11 Å². The third kappa shape index (κ3) is 4.60. The summed E-state index contributed by atoms with van der Waals surface area (Å²) in [6, 6.07) is 2.86. The van der Waals surface area contributed by atoms with Gasteiger partial charge in [-0.25, -0.2) is 4.79 Å². The molecule has 0 saturated heterocycles. The van der Waals surface area contributed by atoms with Crippen molar-refractivity contribution in [2.24, 2.45) is 0 Å². The van der Waals surface area contributed by atoms with Gasteiger partial charge in [0, 0.05) is 19.2 Å². The molecule has 0 aromatic carbocycles. The number of hydrogen-bond acceptors (Lipinski definition) is 4. The minimum atomic E-state index is -1.00. The van der Waals surface area contributed by atoms with Gasteiger partial charge in [-0.1, -0.05) is 0 Å². The fraction of sp³-hybridized carbons (Fsp3) is 0.364. The molecule has 1 heterocycles. The first kappa shape index (κ1) is 13.1. The Morgan fingerprint density at radius 2 is 2.24 bits per heavy atom. The molecule has 17 heavy (non-hydrogen) atoms. The molecule has 0 aliphatic carbocycles. The van der Waals surface area contributed by atoms with Gasteiger partial charge in [0.2, 0.25) is 5.91 Å². The second kappa shape index (κ2) is 6.59. The van der Waals surface area contributed by atoms with E-state index in [0.29, 0.717) is 18.7 Å². The lowest BCUT2D eigenvalue weighted by atomic mass is 10.2. The second-order valence-corrected chi connectivity index (χ2v) is 3.47. The summed E-state index contributed by atoms with van der Waals surface area (Å²) >= 11 is 0. The minimum Gasteiger partial charge on any atom is -0.478 e. The summed E-state index contributed by atoms with van der Waals surface area (Å²) in [6.45, 7) is 0.845. The van der Waals surface area contributed by atoms with Gasteiger partial charge in [0.1, 0.15) is 0 Å². The van der Waals surface area contributed by atoms with Crippen molar-refractivity contribution in [1.29, 1.82) is 0 Å². The molecule has 6 heteroatoms. The predicted molar refractivity (Wildman–Crippen MR) is 61.6 cm³/mol. The lowest BCUT2D eigenvalue weighted by Crippen LogP contribution is -2.26. The number of aromatic nitrogens is 1. The number of amides is 1. The number of hydrogen-bond donors (Lipinski definition) is 3. The molecule has 92 valence electrons. The van der Waals surface area contributed by atoms with E-state index in [1.165, 1.54) is 18.3 Å². The molecule has 0 saturated carbocycles. The monoisotopic (exact) mass is 237 g/mol. The first-order valence-corrected chi connectivity index (χ1v) is 5.23. The summed E-state index contributed by atoms with van der Waals surface area (Å²) in [5.74, 6) is -1.10. The van der Waals surface area contributed by atoms with Crippen molar-refractivity contribution in [2.75, 3.05) is 13.6 Å². The Labute approximate surface area is 99.1 Å². The molecule has 1 amide bonds. The number of rotatable bonds is 6. The molecule has 3 N–H and O–H groups in total. The van der Waals surface area contributed by atoms with Gasteiger partial charge in [0.15, 0.2) is 0 Å². The number of carbonyl (C=O) groups excluding carboxylic acids is 1. The van der Waals surface area contributed by atoms with E-state index < -0.39 is 5.97 Å². The Bertz CT molecular complexity index is 407. The van der Waals surface area contributed by atoms with Gasteiger partial charge in [0.05, 0.1) is 17.8 Å². The van der Waals surface area contributed by atoms with Crippen molar-refractivity contribution in [3.8, 4) is 0 Å². The van der Waals surface area contributed by atoms with Crippen LogP contribution in [0.15, 0.2) is 18.3 Å². The zero-order valence-electron chi connectivity index (χ0n) is 9.56. The van der Waals surface area contributed by atoms with E-state index in [0.717, 1.165) is 0 Å². The van der Waals surface area contributed by atoms with Gasteiger partial charge in [-0.2, -0.15) is 0 Å². The zero-order valence-corrected chi connectivity index (χ0v) is 9.56. The third-order valence-electron chi connectivity index (χ3n) is 2.13. The first-order chi connectivity index (χ1) is 8.13. The molecule has 0 aliphatic heterocycles. The number of aromatic carboxylic acids is 1. The Morgan fingerprint density at radius 1 is 1.47 bits per heavy atom. The van der Waals surface area contributed by atoms with Crippen molar-refractivity contribution >= 4 is 11.9 Å². The van der Waals surface area contributed by atoms with Crippen molar-refractivity contribution in [2.45, 2.75) is 13.0 Å². The molecular formula is C11H15N3O3. The number of carboxylic acids is 1. The number of carbonyl (C=O) groups is 2. The molecule has 0 fully saturated rings. The maximum atomic E-state index is 11.3. The van der Waals surface area contributed by atoms with Crippen LogP contribution < -0.4 is 10.6 Å². The molecule has 0 spiro atoms. The van der Waals surface area contributed by atoms with Crippen LogP contribution in [0.25, 0.3) is 0 Å². The van der Waals surface area contributed by atoms with Crippen LogP contribution in [-0.2, 0) is 11.3 Å².